The Balaban J connectivity index is 1.85. The lowest BCUT2D eigenvalue weighted by molar-refractivity contribution is 0.245. The van der Waals surface area contributed by atoms with E-state index in [4.69, 9.17) is 9.26 Å². The van der Waals surface area contributed by atoms with Crippen molar-refractivity contribution >= 4 is 0 Å². The van der Waals surface area contributed by atoms with Crippen LogP contribution in [0.15, 0.2) is 16.7 Å². The Morgan fingerprint density at radius 2 is 2.25 bits per heavy atom. The van der Waals surface area contributed by atoms with E-state index in [1.807, 2.05) is 0 Å². The Bertz CT molecular complexity index is 575. The van der Waals surface area contributed by atoms with Crippen LogP contribution in [0.5, 0.6) is 5.88 Å². The molecule has 3 rings (SSSR count). The summed E-state index contributed by atoms with van der Waals surface area (Å²) in [7, 11) is 1.55. The summed E-state index contributed by atoms with van der Waals surface area (Å²) >= 11 is 0. The third-order valence-electron chi connectivity index (χ3n) is 3.62. The molecule has 1 N–H and O–H groups in total. The minimum absolute atomic E-state index is 0.108. The highest BCUT2D eigenvalue weighted by atomic mass is 16.5. The predicted octanol–water partition coefficient (Wildman–Crippen LogP) is 1.18. The van der Waals surface area contributed by atoms with Crippen LogP contribution in [0.4, 0.5) is 0 Å². The molecule has 1 aliphatic heterocycles. The molecule has 1 saturated heterocycles. The third kappa shape index (κ3) is 2.36. The second-order valence-corrected chi connectivity index (χ2v) is 5.23. The van der Waals surface area contributed by atoms with Crippen LogP contribution in [0.2, 0.25) is 0 Å². The van der Waals surface area contributed by atoms with Crippen molar-refractivity contribution in [1.29, 1.82) is 0 Å². The molecule has 2 aromatic rings. The second-order valence-electron chi connectivity index (χ2n) is 5.23. The van der Waals surface area contributed by atoms with E-state index < -0.39 is 0 Å². The highest BCUT2D eigenvalue weighted by Gasteiger charge is 2.34. The van der Waals surface area contributed by atoms with Crippen LogP contribution in [0, 0.1) is 0 Å². The average Bonchev–Trinajstić information content (AvgIpc) is 2.99. The van der Waals surface area contributed by atoms with E-state index in [1.165, 1.54) is 0 Å². The normalized spacial score (nSPS) is 22.7. The molecule has 1 atom stereocenters. The van der Waals surface area contributed by atoms with E-state index in [0.717, 1.165) is 25.9 Å². The molecule has 7 nitrogen and oxygen atoms in total. The first-order chi connectivity index (χ1) is 9.71. The van der Waals surface area contributed by atoms with Crippen LogP contribution in [0.1, 0.15) is 25.7 Å². The zero-order valence-electron chi connectivity index (χ0n) is 11.6. The Morgan fingerprint density at radius 1 is 1.35 bits per heavy atom. The fourth-order valence-corrected chi connectivity index (χ4v) is 2.36. The molecule has 1 fully saturated rings. The van der Waals surface area contributed by atoms with Crippen molar-refractivity contribution in [3.8, 4) is 17.4 Å². The number of nitrogens with one attached hydrogen (secondary N) is 1. The maximum Gasteiger partial charge on any atom is 0.234 e. The number of rotatable bonds is 3. The molecule has 1 unspecified atom stereocenters. The van der Waals surface area contributed by atoms with E-state index in [9.17, 15) is 0 Å². The summed E-state index contributed by atoms with van der Waals surface area (Å²) in [6.45, 7) is 4.03. The van der Waals surface area contributed by atoms with Gasteiger partial charge in [0.2, 0.25) is 17.6 Å². The number of methoxy groups -OCH3 is 1. The van der Waals surface area contributed by atoms with E-state index in [1.54, 1.807) is 19.2 Å². The van der Waals surface area contributed by atoms with Crippen LogP contribution in [-0.4, -0.2) is 40.5 Å². The minimum Gasteiger partial charge on any atom is -0.480 e. The maximum absolute atomic E-state index is 5.42. The molecule has 3 heterocycles. The summed E-state index contributed by atoms with van der Waals surface area (Å²) in [5.41, 5.74) is 0.469. The van der Waals surface area contributed by atoms with E-state index in [-0.39, 0.29) is 5.41 Å². The van der Waals surface area contributed by atoms with E-state index >= 15 is 0 Å². The standard InChI is InChI=1S/C13H17N5O2/c1-13(6-3-7-14-8-13)12-15-11(18-20-12)9-4-5-10(19-2)17-16-9/h4-5,14H,3,6-8H2,1-2H3. The Labute approximate surface area is 116 Å². The van der Waals surface area contributed by atoms with Crippen molar-refractivity contribution in [2.24, 2.45) is 0 Å². The van der Waals surface area contributed by atoms with E-state index in [2.05, 4.69) is 32.6 Å². The fraction of sp³-hybridized carbons (Fsp3) is 0.538. The number of piperidine rings is 1. The van der Waals surface area contributed by atoms with Gasteiger partial charge in [0, 0.05) is 12.6 Å². The molecule has 0 aromatic carbocycles. The average molecular weight is 275 g/mol. The highest BCUT2D eigenvalue weighted by molar-refractivity contribution is 5.47. The smallest absolute Gasteiger partial charge is 0.234 e. The number of hydrogen-bond acceptors (Lipinski definition) is 7. The lowest BCUT2D eigenvalue weighted by Crippen LogP contribution is -2.41. The summed E-state index contributed by atoms with van der Waals surface area (Å²) in [6, 6.07) is 3.49. The van der Waals surface area contributed by atoms with Gasteiger partial charge in [-0.05, 0) is 32.4 Å². The predicted molar refractivity (Wildman–Crippen MR) is 71.3 cm³/mol. The SMILES string of the molecule is COc1ccc(-c2noc(C3(C)CCCNC3)n2)nn1. The van der Waals surface area contributed by atoms with Gasteiger partial charge < -0.3 is 14.6 Å². The van der Waals surface area contributed by atoms with Gasteiger partial charge >= 0.3 is 0 Å². The highest BCUT2D eigenvalue weighted by Crippen LogP contribution is 2.30. The molecule has 0 bridgehead atoms. The van der Waals surface area contributed by atoms with Gasteiger partial charge in [-0.25, -0.2) is 0 Å². The zero-order valence-corrected chi connectivity index (χ0v) is 11.6. The first-order valence-corrected chi connectivity index (χ1v) is 6.64. The van der Waals surface area contributed by atoms with Gasteiger partial charge in [0.15, 0.2) is 0 Å². The van der Waals surface area contributed by atoms with Crippen molar-refractivity contribution in [1.82, 2.24) is 25.7 Å². The van der Waals surface area contributed by atoms with Crippen molar-refractivity contribution < 1.29 is 9.26 Å². The van der Waals surface area contributed by atoms with Gasteiger partial charge in [-0.1, -0.05) is 5.16 Å². The van der Waals surface area contributed by atoms with Gasteiger partial charge in [0.25, 0.3) is 0 Å². The van der Waals surface area contributed by atoms with E-state index in [0.29, 0.717) is 23.3 Å². The number of hydrogen-bond donors (Lipinski definition) is 1. The van der Waals surface area contributed by atoms with Crippen molar-refractivity contribution in [2.75, 3.05) is 20.2 Å². The Morgan fingerprint density at radius 3 is 2.90 bits per heavy atom. The number of nitrogens with zero attached hydrogens (tertiary/aromatic N) is 4. The van der Waals surface area contributed by atoms with Crippen molar-refractivity contribution in [3.63, 3.8) is 0 Å². The first kappa shape index (κ1) is 13.0. The molecule has 7 heteroatoms. The molecular weight excluding hydrogens is 258 g/mol. The van der Waals surface area contributed by atoms with Crippen LogP contribution in [0.3, 0.4) is 0 Å². The molecular formula is C13H17N5O2. The largest absolute Gasteiger partial charge is 0.480 e. The molecule has 106 valence electrons. The lowest BCUT2D eigenvalue weighted by atomic mass is 9.83. The zero-order chi connectivity index (χ0) is 14.0. The molecule has 0 aliphatic carbocycles. The summed E-state index contributed by atoms with van der Waals surface area (Å²) in [5.74, 6) is 1.57. The van der Waals surface area contributed by atoms with Crippen LogP contribution < -0.4 is 10.1 Å². The molecule has 1 aliphatic rings. The summed E-state index contributed by atoms with van der Waals surface area (Å²) in [5, 5.41) is 15.3. The van der Waals surface area contributed by atoms with Crippen LogP contribution >= 0.6 is 0 Å². The molecule has 20 heavy (non-hydrogen) atoms. The summed E-state index contributed by atoms with van der Waals surface area (Å²) in [4.78, 5) is 4.47. The monoisotopic (exact) mass is 275 g/mol. The topological polar surface area (TPSA) is 86.0 Å². The molecule has 0 radical (unpaired) electrons. The Kier molecular flexibility index (Phi) is 3.35. The van der Waals surface area contributed by atoms with Crippen molar-refractivity contribution in [2.45, 2.75) is 25.2 Å². The van der Waals surface area contributed by atoms with Gasteiger partial charge in [-0.3, -0.25) is 0 Å². The molecule has 2 aromatic heterocycles. The first-order valence-electron chi connectivity index (χ1n) is 6.64. The Hall–Kier alpha value is -2.02. The number of aromatic nitrogens is 4. The molecule has 0 spiro atoms. The van der Waals surface area contributed by atoms with Gasteiger partial charge in [-0.15, -0.1) is 10.2 Å². The van der Waals surface area contributed by atoms with Crippen LogP contribution in [0.25, 0.3) is 11.5 Å². The lowest BCUT2D eigenvalue weighted by Gasteiger charge is -2.30. The fourth-order valence-electron chi connectivity index (χ4n) is 2.36. The van der Waals surface area contributed by atoms with Crippen LogP contribution in [-0.2, 0) is 5.41 Å². The quantitative estimate of drug-likeness (QED) is 0.900. The van der Waals surface area contributed by atoms with Gasteiger partial charge in [0.05, 0.1) is 12.5 Å². The van der Waals surface area contributed by atoms with Gasteiger partial charge in [-0.2, -0.15) is 4.98 Å². The summed E-state index contributed by atoms with van der Waals surface area (Å²) in [6.07, 6.45) is 2.15. The van der Waals surface area contributed by atoms with Gasteiger partial charge in [0.1, 0.15) is 5.69 Å². The molecule has 0 amide bonds. The second kappa shape index (κ2) is 5.16. The maximum atomic E-state index is 5.42. The summed E-state index contributed by atoms with van der Waals surface area (Å²) < 4.78 is 10.4. The minimum atomic E-state index is -0.108. The molecule has 0 saturated carbocycles. The third-order valence-corrected chi connectivity index (χ3v) is 3.62. The van der Waals surface area contributed by atoms with Crippen molar-refractivity contribution in [3.05, 3.63) is 18.0 Å². The number of ether oxygens (including phenoxy) is 1.